The van der Waals surface area contributed by atoms with Crippen molar-refractivity contribution in [3.8, 4) is 0 Å². The molecule has 0 fully saturated rings. The van der Waals surface area contributed by atoms with E-state index in [0.29, 0.717) is 19.3 Å². The van der Waals surface area contributed by atoms with Crippen molar-refractivity contribution in [2.45, 2.75) is 335 Å². The van der Waals surface area contributed by atoms with Crippen LogP contribution in [0.25, 0.3) is 0 Å². The smallest absolute Gasteiger partial charge is 0.306 e. The molecule has 1 atom stereocenters. The second kappa shape index (κ2) is 61.7. The Bertz CT molecular complexity index is 1310. The summed E-state index contributed by atoms with van der Waals surface area (Å²) in [4.78, 5) is 38.2. The molecule has 6 heteroatoms. The van der Waals surface area contributed by atoms with Crippen molar-refractivity contribution in [1.29, 1.82) is 0 Å². The number of rotatable bonds is 58. The third kappa shape index (κ3) is 59.9. The molecular weight excluding hydrogens is 901 g/mol. The number of unbranched alkanes of at least 4 members (excludes halogenated alkanes) is 37. The maximum atomic E-state index is 12.9. The van der Waals surface area contributed by atoms with E-state index in [0.717, 1.165) is 89.9 Å². The van der Waals surface area contributed by atoms with Gasteiger partial charge in [-0.05, 0) is 103 Å². The Morgan fingerprint density at radius 2 is 0.521 bits per heavy atom. The first kappa shape index (κ1) is 70.1. The summed E-state index contributed by atoms with van der Waals surface area (Å²) in [6.07, 6.45) is 78.1. The van der Waals surface area contributed by atoms with Gasteiger partial charge >= 0.3 is 17.9 Å². The zero-order valence-corrected chi connectivity index (χ0v) is 48.7. The molecule has 0 saturated carbocycles. The van der Waals surface area contributed by atoms with Crippen LogP contribution in [0.4, 0.5) is 0 Å². The van der Waals surface area contributed by atoms with Gasteiger partial charge in [0.1, 0.15) is 13.2 Å². The average molecular weight is 1020 g/mol. The van der Waals surface area contributed by atoms with Crippen LogP contribution in [0.3, 0.4) is 0 Å². The van der Waals surface area contributed by atoms with Crippen molar-refractivity contribution in [2.75, 3.05) is 13.2 Å². The van der Waals surface area contributed by atoms with Gasteiger partial charge in [-0.3, -0.25) is 14.4 Å². The molecule has 0 N–H and O–H groups in total. The Balaban J connectivity index is 4.19. The topological polar surface area (TPSA) is 78.9 Å². The Hall–Kier alpha value is -2.89. The fraction of sp³-hybridized carbons (Fsp3) is 0.806. The summed E-state index contributed by atoms with van der Waals surface area (Å²) >= 11 is 0. The van der Waals surface area contributed by atoms with Gasteiger partial charge in [-0.25, -0.2) is 0 Å². The number of carbonyl (C=O) groups is 3. The Kier molecular flexibility index (Phi) is 59.2. The van der Waals surface area contributed by atoms with Gasteiger partial charge in [0.05, 0.1) is 0 Å². The third-order valence-electron chi connectivity index (χ3n) is 13.9. The summed E-state index contributed by atoms with van der Waals surface area (Å²) in [5.74, 6) is -0.883. The molecule has 0 amide bonds. The lowest BCUT2D eigenvalue weighted by Gasteiger charge is -2.18. The van der Waals surface area contributed by atoms with Gasteiger partial charge in [0.2, 0.25) is 0 Å². The van der Waals surface area contributed by atoms with Gasteiger partial charge in [-0.1, -0.05) is 268 Å². The van der Waals surface area contributed by atoms with Gasteiger partial charge in [0.15, 0.2) is 6.10 Å². The van der Waals surface area contributed by atoms with Crippen LogP contribution in [-0.4, -0.2) is 37.2 Å². The number of allylic oxidation sites excluding steroid dienone is 10. The zero-order valence-electron chi connectivity index (χ0n) is 48.7. The summed E-state index contributed by atoms with van der Waals surface area (Å²) in [6.45, 7) is 6.57. The highest BCUT2D eigenvalue weighted by molar-refractivity contribution is 5.71. The molecule has 0 aromatic carbocycles. The minimum absolute atomic E-state index is 0.0782. The summed E-state index contributed by atoms with van der Waals surface area (Å²) in [5.41, 5.74) is 0. The van der Waals surface area contributed by atoms with Crippen molar-refractivity contribution in [3.05, 3.63) is 60.8 Å². The molecule has 0 spiro atoms. The first-order chi connectivity index (χ1) is 36.0. The molecule has 0 heterocycles. The SMILES string of the molecule is CCC/C=C\CCCCCCCC(=O)OCC(COC(=O)CCCCCCCCCCCCCCCCC/C=C\C/C=C\CCCCCCC)OC(=O)CCCCCCCCC/C=C\C/C=C\CCCCCC. The fourth-order valence-corrected chi connectivity index (χ4v) is 9.15. The maximum Gasteiger partial charge on any atom is 0.306 e. The minimum atomic E-state index is -0.781. The molecule has 0 aliphatic carbocycles. The summed E-state index contributed by atoms with van der Waals surface area (Å²) in [5, 5.41) is 0. The van der Waals surface area contributed by atoms with Crippen molar-refractivity contribution in [3.63, 3.8) is 0 Å². The number of ether oxygens (including phenoxy) is 3. The van der Waals surface area contributed by atoms with Crippen LogP contribution in [0.15, 0.2) is 60.8 Å². The van der Waals surface area contributed by atoms with Crippen LogP contribution in [-0.2, 0) is 28.6 Å². The number of hydrogen-bond donors (Lipinski definition) is 0. The van der Waals surface area contributed by atoms with Crippen LogP contribution in [0.2, 0.25) is 0 Å². The molecule has 0 aromatic heterocycles. The number of esters is 3. The second-order valence-electron chi connectivity index (χ2n) is 21.3. The van der Waals surface area contributed by atoms with Gasteiger partial charge in [0.25, 0.3) is 0 Å². The zero-order chi connectivity index (χ0) is 52.9. The Labute approximate surface area is 453 Å². The normalized spacial score (nSPS) is 12.4. The fourth-order valence-electron chi connectivity index (χ4n) is 9.15. The minimum Gasteiger partial charge on any atom is -0.462 e. The summed E-state index contributed by atoms with van der Waals surface area (Å²) in [7, 11) is 0. The molecule has 1 unspecified atom stereocenters. The third-order valence-corrected chi connectivity index (χ3v) is 13.9. The lowest BCUT2D eigenvalue weighted by atomic mass is 10.0. The maximum absolute atomic E-state index is 12.9. The van der Waals surface area contributed by atoms with Gasteiger partial charge in [0, 0.05) is 19.3 Å². The first-order valence-electron chi connectivity index (χ1n) is 31.8. The van der Waals surface area contributed by atoms with E-state index in [1.165, 1.54) is 199 Å². The predicted molar refractivity (Wildman–Crippen MR) is 316 cm³/mol. The van der Waals surface area contributed by atoms with Gasteiger partial charge in [-0.15, -0.1) is 0 Å². The Morgan fingerprint density at radius 3 is 0.836 bits per heavy atom. The molecule has 0 aliphatic rings. The molecule has 0 aromatic rings. The number of hydrogen-bond acceptors (Lipinski definition) is 6. The molecule has 6 nitrogen and oxygen atoms in total. The molecular formula is C67H120O6. The standard InChI is InChI=1S/C67H120O6/c1-4-7-10-13-16-19-22-24-26-28-30-31-32-33-34-35-36-37-38-40-41-43-45-48-51-54-57-60-66(69)72-63-64(62-71-65(68)59-56-53-50-47-21-18-15-12-9-6-3)73-67(70)61-58-55-52-49-46-44-42-39-29-27-25-23-20-17-14-11-8-5-2/h12,15,20,22-24,27-30,64H,4-11,13-14,16-19,21,25-26,31-63H2,1-3H3/b15-12-,23-20-,24-22-,29-27-,30-28-. The molecule has 0 radical (unpaired) electrons. The van der Waals surface area contributed by atoms with Crippen LogP contribution in [0.1, 0.15) is 329 Å². The highest BCUT2D eigenvalue weighted by Crippen LogP contribution is 2.17. The van der Waals surface area contributed by atoms with Crippen molar-refractivity contribution in [2.24, 2.45) is 0 Å². The largest absolute Gasteiger partial charge is 0.462 e. The lowest BCUT2D eigenvalue weighted by molar-refractivity contribution is -0.167. The van der Waals surface area contributed by atoms with Crippen LogP contribution in [0.5, 0.6) is 0 Å². The van der Waals surface area contributed by atoms with Crippen LogP contribution >= 0.6 is 0 Å². The summed E-state index contributed by atoms with van der Waals surface area (Å²) < 4.78 is 16.9. The highest BCUT2D eigenvalue weighted by atomic mass is 16.6. The predicted octanol–water partition coefficient (Wildman–Crippen LogP) is 21.6. The average Bonchev–Trinajstić information content (AvgIpc) is 3.39. The van der Waals surface area contributed by atoms with E-state index in [4.69, 9.17) is 14.2 Å². The molecule has 0 aliphatic heterocycles. The monoisotopic (exact) mass is 1020 g/mol. The van der Waals surface area contributed by atoms with E-state index >= 15 is 0 Å². The van der Waals surface area contributed by atoms with Crippen LogP contribution in [0, 0.1) is 0 Å². The highest BCUT2D eigenvalue weighted by Gasteiger charge is 2.19. The van der Waals surface area contributed by atoms with Gasteiger partial charge < -0.3 is 14.2 Å². The second-order valence-corrected chi connectivity index (χ2v) is 21.3. The van der Waals surface area contributed by atoms with Crippen LogP contribution < -0.4 is 0 Å². The quantitative estimate of drug-likeness (QED) is 0.0261. The lowest BCUT2D eigenvalue weighted by Crippen LogP contribution is -2.30. The molecule has 424 valence electrons. The van der Waals surface area contributed by atoms with E-state index in [2.05, 4.69) is 81.5 Å². The van der Waals surface area contributed by atoms with E-state index < -0.39 is 6.10 Å². The van der Waals surface area contributed by atoms with E-state index in [1.807, 2.05) is 0 Å². The first-order valence-corrected chi connectivity index (χ1v) is 31.8. The van der Waals surface area contributed by atoms with E-state index in [1.54, 1.807) is 0 Å². The molecule has 0 saturated heterocycles. The molecule has 73 heavy (non-hydrogen) atoms. The molecule has 0 rings (SSSR count). The summed E-state index contributed by atoms with van der Waals surface area (Å²) in [6, 6.07) is 0. The molecule has 0 bridgehead atoms. The van der Waals surface area contributed by atoms with Crippen molar-refractivity contribution >= 4 is 17.9 Å². The van der Waals surface area contributed by atoms with E-state index in [9.17, 15) is 14.4 Å². The number of carbonyl (C=O) groups excluding carboxylic acids is 3. The van der Waals surface area contributed by atoms with Crippen molar-refractivity contribution < 1.29 is 28.6 Å². The van der Waals surface area contributed by atoms with Crippen molar-refractivity contribution in [1.82, 2.24) is 0 Å². The van der Waals surface area contributed by atoms with E-state index in [-0.39, 0.29) is 31.1 Å². The van der Waals surface area contributed by atoms with Gasteiger partial charge in [-0.2, -0.15) is 0 Å². The Morgan fingerprint density at radius 1 is 0.274 bits per heavy atom.